The molecule has 110 valence electrons. The maximum Gasteiger partial charge on any atom is 0.258 e. The molecule has 3 nitrogen and oxygen atoms in total. The molecule has 0 aliphatic rings. The minimum atomic E-state index is -0.0552. The van der Waals surface area contributed by atoms with Gasteiger partial charge in [-0.1, -0.05) is 36.2 Å². The molecule has 0 saturated carbocycles. The lowest BCUT2D eigenvalue weighted by Gasteiger charge is -2.21. The summed E-state index contributed by atoms with van der Waals surface area (Å²) in [5, 5.41) is 0.359. The van der Waals surface area contributed by atoms with E-state index < -0.39 is 0 Å². The SMILES string of the molecule is CCc1cc(C(=O)N(CC)c2ccc(C)cc2)cc(Cl)n1. The lowest BCUT2D eigenvalue weighted by Crippen LogP contribution is -2.30. The Hall–Kier alpha value is -1.87. The van der Waals surface area contributed by atoms with Crippen LogP contribution in [0, 0.1) is 6.92 Å². The van der Waals surface area contributed by atoms with Crippen LogP contribution in [0.25, 0.3) is 0 Å². The van der Waals surface area contributed by atoms with Gasteiger partial charge in [-0.15, -0.1) is 0 Å². The number of benzene rings is 1. The van der Waals surface area contributed by atoms with Crippen molar-refractivity contribution in [2.45, 2.75) is 27.2 Å². The first-order chi connectivity index (χ1) is 10.0. The van der Waals surface area contributed by atoms with Gasteiger partial charge in [0.15, 0.2) is 0 Å². The number of pyridine rings is 1. The summed E-state index contributed by atoms with van der Waals surface area (Å²) < 4.78 is 0. The largest absolute Gasteiger partial charge is 0.309 e. The smallest absolute Gasteiger partial charge is 0.258 e. The summed E-state index contributed by atoms with van der Waals surface area (Å²) in [6, 6.07) is 11.4. The molecule has 0 atom stereocenters. The van der Waals surface area contributed by atoms with Crippen LogP contribution in [0.15, 0.2) is 36.4 Å². The van der Waals surface area contributed by atoms with E-state index in [1.165, 1.54) is 5.56 Å². The first-order valence-corrected chi connectivity index (χ1v) is 7.48. The molecule has 0 spiro atoms. The van der Waals surface area contributed by atoms with E-state index in [1.54, 1.807) is 11.0 Å². The number of halogens is 1. The Kier molecular flexibility index (Phi) is 4.97. The van der Waals surface area contributed by atoms with Gasteiger partial charge < -0.3 is 4.90 Å². The van der Waals surface area contributed by atoms with Crippen LogP contribution >= 0.6 is 11.6 Å². The maximum atomic E-state index is 12.7. The summed E-state index contributed by atoms with van der Waals surface area (Å²) in [5.74, 6) is -0.0552. The Morgan fingerprint density at radius 1 is 1.19 bits per heavy atom. The lowest BCUT2D eigenvalue weighted by molar-refractivity contribution is 0.0988. The Balaban J connectivity index is 2.36. The molecular weight excluding hydrogens is 284 g/mol. The predicted molar refractivity (Wildman–Crippen MR) is 87.2 cm³/mol. The van der Waals surface area contributed by atoms with Crippen molar-refractivity contribution in [2.24, 2.45) is 0 Å². The monoisotopic (exact) mass is 302 g/mol. The Labute approximate surface area is 130 Å². The van der Waals surface area contributed by atoms with Gasteiger partial charge in [-0.05, 0) is 44.5 Å². The minimum Gasteiger partial charge on any atom is -0.309 e. The zero-order chi connectivity index (χ0) is 15.4. The summed E-state index contributed by atoms with van der Waals surface area (Å²) >= 11 is 6.01. The van der Waals surface area contributed by atoms with Crippen molar-refractivity contribution in [3.63, 3.8) is 0 Å². The molecule has 1 aromatic heterocycles. The van der Waals surface area contributed by atoms with Crippen molar-refractivity contribution in [3.05, 3.63) is 58.4 Å². The maximum absolute atomic E-state index is 12.7. The molecule has 0 aliphatic heterocycles. The first-order valence-electron chi connectivity index (χ1n) is 7.10. The topological polar surface area (TPSA) is 33.2 Å². The zero-order valence-corrected chi connectivity index (χ0v) is 13.3. The number of hydrogen-bond acceptors (Lipinski definition) is 2. The average molecular weight is 303 g/mol. The van der Waals surface area contributed by atoms with Crippen LogP contribution in [0.3, 0.4) is 0 Å². The van der Waals surface area contributed by atoms with Crippen LogP contribution in [0.1, 0.15) is 35.5 Å². The number of rotatable bonds is 4. The molecule has 2 rings (SSSR count). The molecule has 1 heterocycles. The van der Waals surface area contributed by atoms with Gasteiger partial charge in [0, 0.05) is 23.5 Å². The molecule has 0 unspecified atom stereocenters. The van der Waals surface area contributed by atoms with Crippen LogP contribution in [0.4, 0.5) is 5.69 Å². The quantitative estimate of drug-likeness (QED) is 0.790. The average Bonchev–Trinajstić information content (AvgIpc) is 2.49. The summed E-state index contributed by atoms with van der Waals surface area (Å²) in [6.45, 7) is 6.58. The summed E-state index contributed by atoms with van der Waals surface area (Å²) in [6.07, 6.45) is 0.748. The summed E-state index contributed by atoms with van der Waals surface area (Å²) in [4.78, 5) is 18.7. The molecule has 21 heavy (non-hydrogen) atoms. The first kappa shape index (κ1) is 15.5. The molecule has 1 amide bonds. The molecule has 0 radical (unpaired) electrons. The summed E-state index contributed by atoms with van der Waals surface area (Å²) in [7, 11) is 0. The second-order valence-corrected chi connectivity index (χ2v) is 5.30. The number of aryl methyl sites for hydroxylation is 2. The van der Waals surface area contributed by atoms with E-state index in [0.29, 0.717) is 17.3 Å². The second-order valence-electron chi connectivity index (χ2n) is 4.91. The Morgan fingerprint density at radius 2 is 1.86 bits per heavy atom. The fraction of sp³-hybridized carbons (Fsp3) is 0.294. The van der Waals surface area contributed by atoms with Crippen LogP contribution in [0.5, 0.6) is 0 Å². The van der Waals surface area contributed by atoms with Crippen molar-refractivity contribution >= 4 is 23.2 Å². The molecule has 0 bridgehead atoms. The Morgan fingerprint density at radius 3 is 2.43 bits per heavy atom. The van der Waals surface area contributed by atoms with Crippen molar-refractivity contribution in [1.82, 2.24) is 4.98 Å². The third-order valence-corrected chi connectivity index (χ3v) is 3.56. The number of carbonyl (C=O) groups excluding carboxylic acids is 1. The highest BCUT2D eigenvalue weighted by molar-refractivity contribution is 6.29. The van der Waals surface area contributed by atoms with Gasteiger partial charge in [-0.25, -0.2) is 4.98 Å². The van der Waals surface area contributed by atoms with Crippen LogP contribution in [-0.4, -0.2) is 17.4 Å². The molecule has 1 aromatic carbocycles. The fourth-order valence-electron chi connectivity index (χ4n) is 2.18. The summed E-state index contributed by atoms with van der Waals surface area (Å²) in [5.41, 5.74) is 3.46. The van der Waals surface area contributed by atoms with Crippen molar-refractivity contribution in [3.8, 4) is 0 Å². The van der Waals surface area contributed by atoms with Gasteiger partial charge in [0.25, 0.3) is 5.91 Å². The van der Waals surface area contributed by atoms with E-state index in [1.807, 2.05) is 51.1 Å². The lowest BCUT2D eigenvalue weighted by atomic mass is 10.1. The standard InChI is InChI=1S/C17H19ClN2O/c1-4-14-10-13(11-16(18)19-14)17(21)20(5-2)15-8-6-12(3)7-9-15/h6-11H,4-5H2,1-3H3. The van der Waals surface area contributed by atoms with Gasteiger partial charge in [-0.2, -0.15) is 0 Å². The third kappa shape index (κ3) is 3.61. The highest BCUT2D eigenvalue weighted by Crippen LogP contribution is 2.20. The molecule has 0 N–H and O–H groups in total. The fourth-order valence-corrected chi connectivity index (χ4v) is 2.41. The number of amides is 1. The van der Waals surface area contributed by atoms with E-state index in [9.17, 15) is 4.79 Å². The number of anilines is 1. The van der Waals surface area contributed by atoms with E-state index in [2.05, 4.69) is 4.98 Å². The third-order valence-electron chi connectivity index (χ3n) is 3.36. The molecular formula is C17H19ClN2O. The van der Waals surface area contributed by atoms with Gasteiger partial charge in [0.05, 0.1) is 0 Å². The van der Waals surface area contributed by atoms with Gasteiger partial charge in [0.1, 0.15) is 5.15 Å². The number of aromatic nitrogens is 1. The predicted octanol–water partition coefficient (Wildman–Crippen LogP) is 4.27. The van der Waals surface area contributed by atoms with Crippen molar-refractivity contribution in [2.75, 3.05) is 11.4 Å². The molecule has 2 aromatic rings. The highest BCUT2D eigenvalue weighted by Gasteiger charge is 2.17. The number of hydrogen-bond donors (Lipinski definition) is 0. The van der Waals surface area contributed by atoms with Crippen molar-refractivity contribution in [1.29, 1.82) is 0 Å². The van der Waals surface area contributed by atoms with E-state index in [4.69, 9.17) is 11.6 Å². The molecule has 4 heteroatoms. The van der Waals surface area contributed by atoms with Crippen LogP contribution in [0.2, 0.25) is 5.15 Å². The van der Waals surface area contributed by atoms with Gasteiger partial charge in [0.2, 0.25) is 0 Å². The normalized spacial score (nSPS) is 10.5. The Bertz CT molecular complexity index is 638. The van der Waals surface area contributed by atoms with Gasteiger partial charge >= 0.3 is 0 Å². The van der Waals surface area contributed by atoms with E-state index >= 15 is 0 Å². The number of nitrogens with zero attached hydrogens (tertiary/aromatic N) is 2. The minimum absolute atomic E-state index is 0.0552. The molecule has 0 fully saturated rings. The molecule has 0 aliphatic carbocycles. The highest BCUT2D eigenvalue weighted by atomic mass is 35.5. The van der Waals surface area contributed by atoms with E-state index in [0.717, 1.165) is 17.8 Å². The van der Waals surface area contributed by atoms with Crippen LogP contribution in [-0.2, 0) is 6.42 Å². The van der Waals surface area contributed by atoms with E-state index in [-0.39, 0.29) is 5.91 Å². The second kappa shape index (κ2) is 6.72. The van der Waals surface area contributed by atoms with Crippen molar-refractivity contribution < 1.29 is 4.79 Å². The number of carbonyl (C=O) groups is 1. The van der Waals surface area contributed by atoms with Gasteiger partial charge in [-0.3, -0.25) is 4.79 Å². The zero-order valence-electron chi connectivity index (χ0n) is 12.6. The molecule has 0 saturated heterocycles. The van der Waals surface area contributed by atoms with Crippen LogP contribution < -0.4 is 4.90 Å².